The number of alkyl carbamates (subject to hydrolysis) is 1. The van der Waals surface area contributed by atoms with Crippen molar-refractivity contribution in [1.82, 2.24) is 25.5 Å². The van der Waals surface area contributed by atoms with Crippen molar-refractivity contribution in [2.24, 2.45) is 11.8 Å². The summed E-state index contributed by atoms with van der Waals surface area (Å²) < 4.78 is 13.2. The number of ether oxygens (including phenoxy) is 2. The van der Waals surface area contributed by atoms with E-state index < -0.39 is 47.7 Å². The maximum Gasteiger partial charge on any atom is 0.408 e. The average molecular weight is 704 g/mol. The van der Waals surface area contributed by atoms with Crippen LogP contribution in [0.1, 0.15) is 103 Å². The van der Waals surface area contributed by atoms with Crippen LogP contribution in [-0.2, 0) is 38.8 Å². The molecule has 11 nitrogen and oxygen atoms in total. The first kappa shape index (κ1) is 39.6. The number of carbonyl (C=O) groups excluding carboxylic acids is 3. The summed E-state index contributed by atoms with van der Waals surface area (Å²) >= 11 is 0. The molecule has 0 radical (unpaired) electrons. The molecule has 4 atom stereocenters. The van der Waals surface area contributed by atoms with Crippen LogP contribution >= 0.6 is 0 Å². The molecule has 11 heteroatoms. The predicted molar refractivity (Wildman–Crippen MR) is 196 cm³/mol. The van der Waals surface area contributed by atoms with Gasteiger partial charge in [-0.25, -0.2) is 9.78 Å². The lowest BCUT2D eigenvalue weighted by molar-refractivity contribution is -0.131. The lowest BCUT2D eigenvalue weighted by Crippen LogP contribution is -2.56. The van der Waals surface area contributed by atoms with E-state index in [1.165, 1.54) is 6.42 Å². The second-order valence-corrected chi connectivity index (χ2v) is 15.1. The van der Waals surface area contributed by atoms with Gasteiger partial charge >= 0.3 is 6.09 Å². The molecule has 3 amide bonds. The fourth-order valence-electron chi connectivity index (χ4n) is 6.53. The van der Waals surface area contributed by atoms with Crippen molar-refractivity contribution in [2.45, 2.75) is 129 Å². The van der Waals surface area contributed by atoms with Gasteiger partial charge in [0.05, 0.1) is 12.6 Å². The van der Waals surface area contributed by atoms with Gasteiger partial charge in [-0.15, -0.1) is 0 Å². The fraction of sp³-hybridized carbons (Fsp3) is 0.550. The molecule has 51 heavy (non-hydrogen) atoms. The van der Waals surface area contributed by atoms with Crippen molar-refractivity contribution >= 4 is 17.9 Å². The number of imidazole rings is 1. The van der Waals surface area contributed by atoms with Crippen molar-refractivity contribution in [3.63, 3.8) is 0 Å². The molecule has 0 spiro atoms. The second-order valence-electron chi connectivity index (χ2n) is 15.1. The number of rotatable bonds is 17. The zero-order chi connectivity index (χ0) is 36.8. The Labute approximate surface area is 302 Å². The number of hydrogen-bond acceptors (Lipinski definition) is 7. The van der Waals surface area contributed by atoms with Crippen LogP contribution in [0.5, 0.6) is 0 Å². The van der Waals surface area contributed by atoms with Gasteiger partial charge < -0.3 is 35.1 Å². The van der Waals surface area contributed by atoms with Crippen LogP contribution in [0.15, 0.2) is 73.1 Å². The minimum atomic E-state index is -1.11. The Morgan fingerprint density at radius 3 is 2.14 bits per heavy atom. The van der Waals surface area contributed by atoms with Crippen LogP contribution < -0.4 is 16.0 Å². The Morgan fingerprint density at radius 1 is 0.882 bits per heavy atom. The molecular formula is C40H57N5O6. The summed E-state index contributed by atoms with van der Waals surface area (Å²) in [5.74, 6) is -0.0946. The third-order valence-corrected chi connectivity index (χ3v) is 9.01. The van der Waals surface area contributed by atoms with Crippen LogP contribution in [0.3, 0.4) is 0 Å². The molecule has 0 saturated heterocycles. The summed E-state index contributed by atoms with van der Waals surface area (Å²) in [6.45, 7) is 9.81. The molecule has 4 rings (SSSR count). The maximum atomic E-state index is 14.1. The first-order valence-electron chi connectivity index (χ1n) is 18.3. The molecule has 2 aromatic carbocycles. The number of carbonyl (C=O) groups is 3. The highest BCUT2D eigenvalue weighted by atomic mass is 16.6. The Morgan fingerprint density at radius 2 is 1.51 bits per heavy atom. The molecule has 1 fully saturated rings. The molecule has 1 aliphatic carbocycles. The zero-order valence-corrected chi connectivity index (χ0v) is 30.8. The molecule has 0 unspecified atom stereocenters. The lowest BCUT2D eigenvalue weighted by Gasteiger charge is -2.32. The standard InChI is InChI=1S/C40H57N5O6/c1-28(2)23-33(43-38(48)34(25-30-17-11-7-12-18-30)44-39(49)51-40(3,4)5)37(47)42-32(24-29-15-9-6-10-16-29)35(46)36-41-21-22-45(36)27-50-26-31-19-13-8-14-20-31/h7-8,11-14,17-22,28-29,32-35,46H,6,9-10,15-16,23-27H2,1-5H3,(H,42,47)(H,43,48)(H,44,49)/t32-,33-,34-,35+/m0/s1. The van der Waals surface area contributed by atoms with E-state index in [4.69, 9.17) is 9.47 Å². The van der Waals surface area contributed by atoms with Crippen LogP contribution in [0.25, 0.3) is 0 Å². The van der Waals surface area contributed by atoms with Crippen molar-refractivity contribution in [3.05, 3.63) is 90.0 Å². The van der Waals surface area contributed by atoms with Crippen LogP contribution in [0.4, 0.5) is 4.79 Å². The third-order valence-electron chi connectivity index (χ3n) is 9.01. The molecule has 278 valence electrons. The van der Waals surface area contributed by atoms with Gasteiger partial charge in [0.25, 0.3) is 0 Å². The van der Waals surface area contributed by atoms with Crippen molar-refractivity contribution in [1.29, 1.82) is 0 Å². The van der Waals surface area contributed by atoms with Gasteiger partial charge in [-0.05, 0) is 56.6 Å². The third kappa shape index (κ3) is 13.4. The van der Waals surface area contributed by atoms with Gasteiger partial charge in [0.15, 0.2) is 0 Å². The van der Waals surface area contributed by atoms with Gasteiger partial charge in [0.2, 0.25) is 11.8 Å². The van der Waals surface area contributed by atoms with E-state index in [1.807, 2.05) is 74.5 Å². The van der Waals surface area contributed by atoms with Gasteiger partial charge in [0, 0.05) is 18.8 Å². The molecule has 1 heterocycles. The molecule has 1 aliphatic rings. The second kappa shape index (κ2) is 19.4. The van der Waals surface area contributed by atoms with E-state index in [-0.39, 0.29) is 19.1 Å². The average Bonchev–Trinajstić information content (AvgIpc) is 3.56. The summed E-state index contributed by atoms with van der Waals surface area (Å²) in [4.78, 5) is 45.3. The number of aliphatic hydroxyl groups is 1. The van der Waals surface area contributed by atoms with Gasteiger partial charge in [-0.1, -0.05) is 107 Å². The molecule has 4 N–H and O–H groups in total. The van der Waals surface area contributed by atoms with E-state index in [0.29, 0.717) is 31.2 Å². The first-order valence-corrected chi connectivity index (χ1v) is 18.3. The normalized spacial score (nSPS) is 16.1. The largest absolute Gasteiger partial charge is 0.444 e. The highest BCUT2D eigenvalue weighted by Gasteiger charge is 2.34. The topological polar surface area (TPSA) is 144 Å². The Balaban J connectivity index is 1.51. The highest BCUT2D eigenvalue weighted by Crippen LogP contribution is 2.31. The number of benzene rings is 2. The lowest BCUT2D eigenvalue weighted by atomic mass is 9.83. The number of nitrogens with zero attached hydrogens (tertiary/aromatic N) is 2. The number of hydrogen-bond donors (Lipinski definition) is 4. The summed E-state index contributed by atoms with van der Waals surface area (Å²) in [5.41, 5.74) is 1.12. The minimum absolute atomic E-state index is 0.0646. The number of aliphatic hydroxyl groups excluding tert-OH is 1. The molecule has 0 bridgehead atoms. The molecular weight excluding hydrogens is 646 g/mol. The van der Waals surface area contributed by atoms with Gasteiger partial charge in [-0.3, -0.25) is 9.59 Å². The van der Waals surface area contributed by atoms with Crippen molar-refractivity contribution < 1.29 is 29.0 Å². The predicted octanol–water partition coefficient (Wildman–Crippen LogP) is 6.21. The smallest absolute Gasteiger partial charge is 0.408 e. The van der Waals surface area contributed by atoms with Crippen LogP contribution in [-0.4, -0.2) is 56.3 Å². The van der Waals surface area contributed by atoms with Crippen molar-refractivity contribution in [2.75, 3.05) is 0 Å². The van der Waals surface area contributed by atoms with E-state index in [0.717, 1.165) is 36.8 Å². The number of amides is 3. The van der Waals surface area contributed by atoms with Crippen molar-refractivity contribution in [3.8, 4) is 0 Å². The van der Waals surface area contributed by atoms with E-state index >= 15 is 0 Å². The minimum Gasteiger partial charge on any atom is -0.444 e. The molecule has 0 aliphatic heterocycles. The van der Waals surface area contributed by atoms with Gasteiger partial charge in [-0.2, -0.15) is 0 Å². The summed E-state index contributed by atoms with van der Waals surface area (Å²) in [6, 6.07) is 16.7. The van der Waals surface area contributed by atoms with E-state index in [1.54, 1.807) is 37.7 Å². The number of aromatic nitrogens is 2. The Bertz CT molecular complexity index is 1500. The Hall–Kier alpha value is -4.22. The maximum absolute atomic E-state index is 14.1. The summed E-state index contributed by atoms with van der Waals surface area (Å²) in [5, 5.41) is 20.6. The molecule has 1 aromatic heterocycles. The fourth-order valence-corrected chi connectivity index (χ4v) is 6.53. The van der Waals surface area contributed by atoms with E-state index in [2.05, 4.69) is 20.9 Å². The number of nitrogens with one attached hydrogen (secondary N) is 3. The summed E-state index contributed by atoms with van der Waals surface area (Å²) in [6.07, 6.45) is 8.15. The van der Waals surface area contributed by atoms with Crippen LogP contribution in [0.2, 0.25) is 0 Å². The van der Waals surface area contributed by atoms with E-state index in [9.17, 15) is 19.5 Å². The highest BCUT2D eigenvalue weighted by molar-refractivity contribution is 5.91. The summed E-state index contributed by atoms with van der Waals surface area (Å²) in [7, 11) is 0. The quantitative estimate of drug-likeness (QED) is 0.131. The van der Waals surface area contributed by atoms with Crippen LogP contribution in [0, 0.1) is 11.8 Å². The SMILES string of the molecule is CC(C)C[C@H](NC(=O)[C@H](Cc1ccccc1)NC(=O)OC(C)(C)C)C(=O)N[C@@H](CC1CCCCC1)[C@@H](O)c1nccn1COCc1ccccc1. The zero-order valence-electron chi connectivity index (χ0n) is 30.8. The van der Waals surface area contributed by atoms with Gasteiger partial charge in [0.1, 0.15) is 36.3 Å². The molecule has 1 saturated carbocycles. The first-order chi connectivity index (χ1) is 24.4. The Kier molecular flexibility index (Phi) is 15.1. The monoisotopic (exact) mass is 703 g/mol. The molecule has 3 aromatic rings.